The first-order valence-electron chi connectivity index (χ1n) is 18.5. The lowest BCUT2D eigenvalue weighted by molar-refractivity contribution is -0.000632. The van der Waals surface area contributed by atoms with Crippen molar-refractivity contribution in [1.82, 2.24) is 0 Å². The Morgan fingerprint density at radius 3 is 1.65 bits per heavy atom. The third-order valence-corrected chi connectivity index (χ3v) is 14.0. The minimum absolute atomic E-state index is 0.0100. The van der Waals surface area contributed by atoms with Crippen LogP contribution in [0.5, 0.6) is 28.7 Å². The molecule has 320 valence electrons. The normalized spacial score (nSPS) is 12.5. The van der Waals surface area contributed by atoms with Gasteiger partial charge in [-0.3, -0.25) is 4.79 Å². The molecule has 0 aromatic heterocycles. The summed E-state index contributed by atoms with van der Waals surface area (Å²) in [5, 5.41) is 39.6. The lowest BCUT2D eigenvalue weighted by Crippen LogP contribution is -2.19. The first-order chi connectivity index (χ1) is 31.0. The van der Waals surface area contributed by atoms with E-state index in [4.69, 9.17) is 12.5 Å². The van der Waals surface area contributed by atoms with E-state index in [1.54, 1.807) is 6.07 Å². The second-order valence-electron chi connectivity index (χ2n) is 13.9. The number of allylic oxidation sites excluding steroid dienone is 2. The Hall–Kier alpha value is -8.72. The Kier molecular flexibility index (Phi) is 10.7. The summed E-state index contributed by atoms with van der Waals surface area (Å²) in [6, 6.07) is 24.6. The molecule has 0 aliphatic heterocycles. The maximum atomic E-state index is 14.6. The predicted octanol–water partition coefficient (Wildman–Crippen LogP) is 8.62. The van der Waals surface area contributed by atoms with Crippen molar-refractivity contribution in [3.8, 4) is 28.7 Å². The van der Waals surface area contributed by atoms with Crippen LogP contribution < -0.4 is 12.5 Å². The van der Waals surface area contributed by atoms with Gasteiger partial charge in [0.15, 0.2) is 21.5 Å². The van der Waals surface area contributed by atoms with Crippen LogP contribution in [0.25, 0.3) is 48.7 Å². The number of carbonyl (C=O) groups is 1. The van der Waals surface area contributed by atoms with Crippen molar-refractivity contribution in [2.75, 3.05) is 0 Å². The zero-order valence-corrected chi connectivity index (χ0v) is 35.2. The van der Waals surface area contributed by atoms with Crippen molar-refractivity contribution in [2.45, 2.75) is 14.7 Å². The fourth-order valence-corrected chi connectivity index (χ4v) is 10.5. The summed E-state index contributed by atoms with van der Waals surface area (Å²) in [6.07, 6.45) is 2.57. The Bertz CT molecular complexity index is 3780. The number of aromatic hydroxyl groups is 2. The van der Waals surface area contributed by atoms with E-state index in [-0.39, 0.29) is 60.9 Å². The van der Waals surface area contributed by atoms with E-state index in [1.807, 2.05) is 0 Å². The number of carbonyl (C=O) groups excluding carboxylic acids is 1. The second kappa shape index (κ2) is 16.2. The van der Waals surface area contributed by atoms with Crippen molar-refractivity contribution >= 4 is 86.4 Å². The van der Waals surface area contributed by atoms with E-state index in [0.717, 1.165) is 48.5 Å². The molecule has 0 spiro atoms. The molecule has 7 aromatic carbocycles. The van der Waals surface area contributed by atoms with Crippen LogP contribution in [0.1, 0.15) is 27.0 Å². The van der Waals surface area contributed by atoms with Gasteiger partial charge in [0.05, 0.1) is 11.1 Å². The van der Waals surface area contributed by atoms with Crippen LogP contribution in [0.4, 0.5) is 11.4 Å². The quantitative estimate of drug-likeness (QED) is 0.0404. The van der Waals surface area contributed by atoms with Crippen LogP contribution in [0.2, 0.25) is 0 Å². The van der Waals surface area contributed by atoms with E-state index in [1.165, 1.54) is 78.9 Å². The number of nitrogens with zero attached hydrogens (tertiary/aromatic N) is 6. The average molecular weight is 927 g/mol. The largest absolute Gasteiger partial charge is 0.501 e. The predicted molar refractivity (Wildman–Crippen MR) is 234 cm³/mol. The van der Waals surface area contributed by atoms with E-state index in [2.05, 4.69) is 21.3 Å². The standard InChI is InChI=1S/C44H24N6O12S3/c1-24-26-10-5-13-37(27(26)16-20-33(24)48-45)63(54,55)60-36-23-19-32(40(51)25-8-3-2-4-9-25)43(61-64(56,57)38-14-6-11-30-28(38)17-21-34(49-46)41(30)52)44(36)62-65(58,59)39-15-7-12-31-29(39)18-22-35(50-47)42(31)53/h2-23H,1H2/p+2. The molecular weight excluding hydrogens is 901 g/mol. The van der Waals surface area contributed by atoms with Gasteiger partial charge in [0.2, 0.25) is 33.8 Å². The molecule has 0 amide bonds. The molecule has 0 saturated heterocycles. The van der Waals surface area contributed by atoms with E-state index in [0.29, 0.717) is 0 Å². The van der Waals surface area contributed by atoms with Crippen LogP contribution in [-0.2, 0) is 30.4 Å². The molecule has 8 rings (SSSR count). The highest BCUT2D eigenvalue weighted by Gasteiger charge is 2.36. The molecule has 7 aromatic rings. The third-order valence-electron chi connectivity index (χ3n) is 10.1. The fraction of sp³-hybridized carbons (Fsp3) is 0. The molecule has 0 unspecified atom stereocenters. The summed E-state index contributed by atoms with van der Waals surface area (Å²) in [5.41, 5.74) is 8.44. The summed E-state index contributed by atoms with van der Waals surface area (Å²) < 4.78 is 104. The number of phenols is 2. The number of hydrogen-bond acceptors (Lipinski definition) is 14. The molecule has 21 heteroatoms. The van der Waals surface area contributed by atoms with Crippen LogP contribution in [-0.4, -0.2) is 51.8 Å². The average Bonchev–Trinajstić information content (AvgIpc) is 3.30. The van der Waals surface area contributed by atoms with Crippen molar-refractivity contribution in [2.24, 2.45) is 0 Å². The molecule has 0 bridgehead atoms. The van der Waals surface area contributed by atoms with E-state index < -0.39 is 85.1 Å². The molecule has 0 saturated carbocycles. The molecular formula is C44H26N6O12S3+2. The number of benzene rings is 7. The minimum Gasteiger partial charge on any atom is -0.501 e. The van der Waals surface area contributed by atoms with Crippen LogP contribution >= 0.6 is 0 Å². The van der Waals surface area contributed by atoms with Gasteiger partial charge in [0.25, 0.3) is 0 Å². The van der Waals surface area contributed by atoms with Gasteiger partial charge in [-0.25, -0.2) is 0 Å². The van der Waals surface area contributed by atoms with Crippen molar-refractivity contribution in [1.29, 1.82) is 10.8 Å². The van der Waals surface area contributed by atoms with Gasteiger partial charge < -0.3 is 28.3 Å². The Balaban J connectivity index is 1.39. The highest BCUT2D eigenvalue weighted by molar-refractivity contribution is 7.88. The third kappa shape index (κ3) is 7.54. The number of phenolic OH excluding ortho intramolecular Hbond substituents is 2. The van der Waals surface area contributed by atoms with Crippen molar-refractivity contribution in [3.63, 3.8) is 0 Å². The molecule has 2 N–H and O–H groups in total. The Morgan fingerprint density at radius 1 is 0.569 bits per heavy atom. The molecule has 18 nitrogen and oxygen atoms in total. The van der Waals surface area contributed by atoms with Gasteiger partial charge in [-0.15, -0.1) is 0 Å². The SMILES string of the molecule is C=C1C(=[N+]=[N-])C=Cc2c1cccc2S(=O)(=O)Oc1ccc(C(=O)c2ccccc2)c(OS(=O)(=O)c2cccc3c(O)c([N+]#N)ccc23)c1OS(=O)(=O)c1cccc2c(O)c([N+]#N)ccc12. The second-order valence-corrected chi connectivity index (χ2v) is 18.4. The van der Waals surface area contributed by atoms with Gasteiger partial charge in [-0.05, 0) is 54.1 Å². The van der Waals surface area contributed by atoms with Gasteiger partial charge >= 0.3 is 47.4 Å². The highest BCUT2D eigenvalue weighted by atomic mass is 32.2. The van der Waals surface area contributed by atoms with E-state index in [9.17, 15) is 56.6 Å². The smallest absolute Gasteiger partial charge is 0.426 e. The minimum atomic E-state index is -5.34. The van der Waals surface area contributed by atoms with Crippen LogP contribution in [0, 0.1) is 10.8 Å². The molecule has 0 fully saturated rings. The molecule has 0 radical (unpaired) electrons. The fourth-order valence-electron chi connectivity index (χ4n) is 7.06. The van der Waals surface area contributed by atoms with Gasteiger partial charge in [0.1, 0.15) is 14.7 Å². The van der Waals surface area contributed by atoms with Gasteiger partial charge in [0, 0.05) is 50.9 Å². The number of rotatable bonds is 11. The number of fused-ring (bicyclic) bond motifs is 3. The molecule has 1 aliphatic carbocycles. The first-order valence-corrected chi connectivity index (χ1v) is 22.8. The zero-order valence-electron chi connectivity index (χ0n) is 32.8. The molecule has 0 heterocycles. The Labute approximate surface area is 368 Å². The van der Waals surface area contributed by atoms with Gasteiger partial charge in [-0.2, -0.15) is 30.0 Å². The van der Waals surface area contributed by atoms with Crippen molar-refractivity contribution < 1.29 is 57.6 Å². The summed E-state index contributed by atoms with van der Waals surface area (Å²) >= 11 is 0. The summed E-state index contributed by atoms with van der Waals surface area (Å²) in [7, 11) is -15.8. The first kappa shape index (κ1) is 42.9. The summed E-state index contributed by atoms with van der Waals surface area (Å²) in [6.45, 7) is 3.86. The summed E-state index contributed by atoms with van der Waals surface area (Å²) in [4.78, 5) is 21.6. The lowest BCUT2D eigenvalue weighted by Gasteiger charge is -2.20. The molecule has 1 aliphatic rings. The maximum absolute atomic E-state index is 14.6. The maximum Gasteiger partial charge on any atom is 0.426 e. The van der Waals surface area contributed by atoms with Crippen LogP contribution in [0.3, 0.4) is 0 Å². The highest BCUT2D eigenvalue weighted by Crippen LogP contribution is 2.47. The lowest BCUT2D eigenvalue weighted by atomic mass is 9.92. The molecule has 65 heavy (non-hydrogen) atoms. The van der Waals surface area contributed by atoms with E-state index >= 15 is 0 Å². The number of ketones is 1. The number of hydrogen-bond donors (Lipinski definition) is 2. The monoisotopic (exact) mass is 926 g/mol. The summed E-state index contributed by atoms with van der Waals surface area (Å²) in [5.74, 6) is -5.66. The number of diazo groups is 2. The Morgan fingerprint density at radius 2 is 1.09 bits per heavy atom. The molecule has 0 atom stereocenters. The zero-order chi connectivity index (χ0) is 46.4. The van der Waals surface area contributed by atoms with Crippen LogP contribution in [0.15, 0.2) is 149 Å². The topological polar surface area (TPSA) is 280 Å². The van der Waals surface area contributed by atoms with Gasteiger partial charge in [-0.1, -0.05) is 73.3 Å². The van der Waals surface area contributed by atoms with Crippen molar-refractivity contribution in [3.05, 3.63) is 172 Å².